The van der Waals surface area contributed by atoms with Crippen LogP contribution >= 0.6 is 23.4 Å². The molecular formula is C20H18ClN3O2S. The number of nitrogens with zero attached hydrogens (tertiary/aromatic N) is 2. The smallest absolute Gasteiger partial charge is 0.243 e. The van der Waals surface area contributed by atoms with Crippen molar-refractivity contribution in [2.45, 2.75) is 32.1 Å². The van der Waals surface area contributed by atoms with Crippen molar-refractivity contribution in [1.82, 2.24) is 5.32 Å². The second-order valence-corrected chi connectivity index (χ2v) is 8.22. The monoisotopic (exact) mass is 399 g/mol. The standard InChI is InChI=1S/C20H18ClN3O2S/c21-14-6-4-13(5-7-14)17(25)12-27-19-16(11-23)20(8-2-1-3-9-20)15(10-22)18(26)24-19/h4-7,15H,1-3,8-9,12H2,(H,24,26)/t15-/m0/s1. The molecule has 1 fully saturated rings. The van der Waals surface area contributed by atoms with E-state index in [1.54, 1.807) is 24.3 Å². The highest BCUT2D eigenvalue weighted by Gasteiger charge is 2.51. The largest absolute Gasteiger partial charge is 0.319 e. The van der Waals surface area contributed by atoms with E-state index in [1.807, 2.05) is 0 Å². The SMILES string of the molecule is N#CC1=C(SCC(=O)c2ccc(Cl)cc2)NC(=O)[C@H](C#N)C12CCCCC2. The molecule has 7 heteroatoms. The lowest BCUT2D eigenvalue weighted by Crippen LogP contribution is -2.48. The van der Waals surface area contributed by atoms with Gasteiger partial charge in [-0.05, 0) is 37.1 Å². The first-order chi connectivity index (χ1) is 13.0. The van der Waals surface area contributed by atoms with Crippen LogP contribution in [0.5, 0.6) is 0 Å². The molecule has 1 N–H and O–H groups in total. The van der Waals surface area contributed by atoms with Gasteiger partial charge in [-0.15, -0.1) is 0 Å². The molecule has 0 bridgehead atoms. The van der Waals surface area contributed by atoms with Crippen molar-refractivity contribution in [3.8, 4) is 12.1 Å². The second kappa shape index (κ2) is 8.17. The molecule has 0 aromatic heterocycles. The molecule has 3 rings (SSSR count). The Morgan fingerprint density at radius 2 is 1.89 bits per heavy atom. The van der Waals surface area contributed by atoms with Gasteiger partial charge in [0, 0.05) is 16.0 Å². The van der Waals surface area contributed by atoms with Crippen LogP contribution in [-0.4, -0.2) is 17.4 Å². The Balaban J connectivity index is 1.87. The number of ketones is 1. The van der Waals surface area contributed by atoms with Crippen molar-refractivity contribution in [2.75, 3.05) is 5.75 Å². The van der Waals surface area contributed by atoms with Gasteiger partial charge in [0.05, 0.1) is 28.5 Å². The fourth-order valence-corrected chi connectivity index (χ4v) is 5.03. The Kier molecular flexibility index (Phi) is 5.89. The first kappa shape index (κ1) is 19.5. The Bertz CT molecular complexity index is 874. The van der Waals surface area contributed by atoms with Crippen LogP contribution in [0.4, 0.5) is 0 Å². The maximum atomic E-state index is 12.5. The summed E-state index contributed by atoms with van der Waals surface area (Å²) in [6.07, 6.45) is 4.11. The van der Waals surface area contributed by atoms with Gasteiger partial charge in [0.2, 0.25) is 5.91 Å². The molecule has 0 saturated heterocycles. The van der Waals surface area contributed by atoms with E-state index >= 15 is 0 Å². The Morgan fingerprint density at radius 3 is 2.48 bits per heavy atom. The third-order valence-electron chi connectivity index (χ3n) is 5.28. The summed E-state index contributed by atoms with van der Waals surface area (Å²) >= 11 is 7.00. The van der Waals surface area contributed by atoms with Gasteiger partial charge in [-0.25, -0.2) is 0 Å². The molecule has 1 saturated carbocycles. The maximum absolute atomic E-state index is 12.5. The predicted molar refractivity (Wildman–Crippen MR) is 104 cm³/mol. The van der Waals surface area contributed by atoms with Gasteiger partial charge >= 0.3 is 0 Å². The normalized spacial score (nSPS) is 21.3. The average molecular weight is 400 g/mol. The van der Waals surface area contributed by atoms with Crippen LogP contribution < -0.4 is 5.32 Å². The lowest BCUT2D eigenvalue weighted by Gasteiger charge is -2.43. The van der Waals surface area contributed by atoms with E-state index in [0.29, 0.717) is 34.0 Å². The molecule has 138 valence electrons. The minimum absolute atomic E-state index is 0.0930. The summed E-state index contributed by atoms with van der Waals surface area (Å²) in [6.45, 7) is 0. The molecular weight excluding hydrogens is 382 g/mol. The quantitative estimate of drug-likeness (QED) is 0.765. The molecule has 1 aromatic carbocycles. The number of halogens is 1. The first-order valence-corrected chi connectivity index (χ1v) is 10.1. The zero-order valence-electron chi connectivity index (χ0n) is 14.6. The highest BCUT2D eigenvalue weighted by atomic mass is 35.5. The van der Waals surface area contributed by atoms with Crippen LogP contribution in [0.2, 0.25) is 5.02 Å². The van der Waals surface area contributed by atoms with Crippen LogP contribution in [0.15, 0.2) is 34.9 Å². The number of hydrogen-bond acceptors (Lipinski definition) is 5. The van der Waals surface area contributed by atoms with Gasteiger partial charge in [0.15, 0.2) is 5.78 Å². The third-order valence-corrected chi connectivity index (χ3v) is 6.53. The predicted octanol–water partition coefficient (Wildman–Crippen LogP) is 4.21. The number of benzene rings is 1. The van der Waals surface area contributed by atoms with Crippen molar-refractivity contribution in [3.05, 3.63) is 45.5 Å². The summed E-state index contributed by atoms with van der Waals surface area (Å²) < 4.78 is 0. The average Bonchev–Trinajstić information content (AvgIpc) is 2.67. The van der Waals surface area contributed by atoms with Crippen molar-refractivity contribution in [3.63, 3.8) is 0 Å². The van der Waals surface area contributed by atoms with Gasteiger partial charge in [-0.1, -0.05) is 42.6 Å². The van der Waals surface area contributed by atoms with Crippen LogP contribution in [0.25, 0.3) is 0 Å². The van der Waals surface area contributed by atoms with Crippen molar-refractivity contribution in [2.24, 2.45) is 11.3 Å². The van der Waals surface area contributed by atoms with Gasteiger partial charge in [0.1, 0.15) is 5.92 Å². The zero-order chi connectivity index (χ0) is 19.4. The number of Topliss-reactive ketones (excluding diaryl/α,β-unsaturated/α-hetero) is 1. The number of allylic oxidation sites excluding steroid dienone is 1. The van der Waals surface area contributed by atoms with E-state index in [4.69, 9.17) is 11.6 Å². The van der Waals surface area contributed by atoms with E-state index in [0.717, 1.165) is 31.0 Å². The summed E-state index contributed by atoms with van der Waals surface area (Å²) in [5.41, 5.74) is 0.244. The second-order valence-electron chi connectivity index (χ2n) is 6.80. The number of rotatable bonds is 4. The van der Waals surface area contributed by atoms with Crippen LogP contribution in [-0.2, 0) is 4.79 Å². The number of thioether (sulfide) groups is 1. The maximum Gasteiger partial charge on any atom is 0.243 e. The Morgan fingerprint density at radius 1 is 1.22 bits per heavy atom. The highest BCUT2D eigenvalue weighted by Crippen LogP contribution is 2.51. The fourth-order valence-electron chi connectivity index (χ4n) is 3.90. The minimum atomic E-state index is -0.858. The van der Waals surface area contributed by atoms with Gasteiger partial charge < -0.3 is 5.32 Å². The molecule has 1 aromatic rings. The minimum Gasteiger partial charge on any atom is -0.319 e. The number of amides is 1. The summed E-state index contributed by atoms with van der Waals surface area (Å²) in [5, 5.41) is 23.0. The molecule has 1 spiro atoms. The topological polar surface area (TPSA) is 93.8 Å². The lowest BCUT2D eigenvalue weighted by atomic mass is 9.61. The van der Waals surface area contributed by atoms with E-state index in [1.165, 1.54) is 0 Å². The highest BCUT2D eigenvalue weighted by molar-refractivity contribution is 8.03. The summed E-state index contributed by atoms with van der Waals surface area (Å²) in [4.78, 5) is 25.0. The Hall–Kier alpha value is -2.28. The van der Waals surface area contributed by atoms with E-state index < -0.39 is 11.3 Å². The van der Waals surface area contributed by atoms with Gasteiger partial charge in [-0.2, -0.15) is 10.5 Å². The number of nitrogens with one attached hydrogen (secondary N) is 1. The van der Waals surface area contributed by atoms with Gasteiger partial charge in [-0.3, -0.25) is 9.59 Å². The van der Waals surface area contributed by atoms with Crippen molar-refractivity contribution in [1.29, 1.82) is 10.5 Å². The van der Waals surface area contributed by atoms with E-state index in [-0.39, 0.29) is 17.4 Å². The molecule has 1 aliphatic heterocycles. The molecule has 27 heavy (non-hydrogen) atoms. The molecule has 2 aliphatic rings. The molecule has 1 atom stereocenters. The van der Waals surface area contributed by atoms with Crippen LogP contribution in [0.1, 0.15) is 42.5 Å². The van der Waals surface area contributed by atoms with Crippen LogP contribution in [0, 0.1) is 34.0 Å². The van der Waals surface area contributed by atoms with Crippen LogP contribution in [0.3, 0.4) is 0 Å². The number of carbonyl (C=O) groups is 2. The zero-order valence-corrected chi connectivity index (χ0v) is 16.2. The van der Waals surface area contributed by atoms with Crippen molar-refractivity contribution >= 4 is 35.1 Å². The molecule has 1 aliphatic carbocycles. The summed E-state index contributed by atoms with van der Waals surface area (Å²) in [7, 11) is 0. The molecule has 0 radical (unpaired) electrons. The van der Waals surface area contributed by atoms with Crippen molar-refractivity contribution < 1.29 is 9.59 Å². The fraction of sp³-hybridized carbons (Fsp3) is 0.400. The molecule has 1 amide bonds. The third kappa shape index (κ3) is 3.74. The first-order valence-electron chi connectivity index (χ1n) is 8.79. The van der Waals surface area contributed by atoms with E-state index in [9.17, 15) is 20.1 Å². The molecule has 1 heterocycles. The lowest BCUT2D eigenvalue weighted by molar-refractivity contribution is -0.126. The number of hydrogen-bond donors (Lipinski definition) is 1. The number of nitriles is 2. The molecule has 5 nitrogen and oxygen atoms in total. The van der Waals surface area contributed by atoms with E-state index in [2.05, 4.69) is 17.5 Å². The Labute approximate surface area is 167 Å². The summed E-state index contributed by atoms with van der Waals surface area (Å²) in [5.74, 6) is -1.25. The number of carbonyl (C=O) groups excluding carboxylic acids is 2. The van der Waals surface area contributed by atoms with Gasteiger partial charge in [0.25, 0.3) is 0 Å². The summed E-state index contributed by atoms with van der Waals surface area (Å²) in [6, 6.07) is 10.9. The molecule has 0 unspecified atom stereocenters.